The Kier molecular flexibility index (Phi) is 5.82. The van der Waals surface area contributed by atoms with Crippen molar-refractivity contribution in [3.8, 4) is 22.8 Å². The van der Waals surface area contributed by atoms with E-state index in [1.807, 2.05) is 24.3 Å². The Hall–Kier alpha value is -3.69. The van der Waals surface area contributed by atoms with E-state index in [0.29, 0.717) is 23.0 Å². The number of rotatable bonds is 8. The van der Waals surface area contributed by atoms with E-state index in [-0.39, 0.29) is 25.6 Å². The second-order valence-corrected chi connectivity index (χ2v) is 10.7. The van der Waals surface area contributed by atoms with Gasteiger partial charge in [0.05, 0.1) is 16.0 Å². The molecule has 3 aromatic rings. The second kappa shape index (κ2) is 8.83. The number of anilines is 1. The van der Waals surface area contributed by atoms with Crippen LogP contribution in [-0.4, -0.2) is 44.0 Å². The van der Waals surface area contributed by atoms with Crippen LogP contribution >= 0.6 is 0 Å². The predicted octanol–water partition coefficient (Wildman–Crippen LogP) is 4.20. The van der Waals surface area contributed by atoms with Gasteiger partial charge in [-0.2, -0.15) is 4.31 Å². The largest absolute Gasteiger partial charge is 0.454 e. The zero-order valence-electron chi connectivity index (χ0n) is 19.2. The third-order valence-electron chi connectivity index (χ3n) is 6.34. The number of aromatic nitrogens is 1. The van der Waals surface area contributed by atoms with Crippen molar-refractivity contribution in [3.05, 3.63) is 78.9 Å². The monoisotopic (exact) mass is 493 g/mol. The third kappa shape index (κ3) is 4.28. The minimum atomic E-state index is -3.60. The van der Waals surface area contributed by atoms with Crippen LogP contribution in [0.25, 0.3) is 11.3 Å². The smallest absolute Gasteiger partial charge is 0.243 e. The topological polar surface area (TPSA) is 97.8 Å². The van der Waals surface area contributed by atoms with Crippen molar-refractivity contribution in [1.29, 1.82) is 0 Å². The van der Waals surface area contributed by atoms with Gasteiger partial charge in [0.1, 0.15) is 5.82 Å². The molecule has 0 saturated heterocycles. The molecule has 1 saturated carbocycles. The molecule has 35 heavy (non-hydrogen) atoms. The SMILES string of the molecule is C=CCN(C)S(=O)(=O)c1ccc(-c2cccc(NC(=O)C3(c4ccc5c(c4)OCO5)CC3)n2)cc1.[HH]. The number of hydrogen-bond donors (Lipinski definition) is 1. The lowest BCUT2D eigenvalue weighted by Gasteiger charge is -2.16. The first-order chi connectivity index (χ1) is 16.8. The number of nitrogens with one attached hydrogen (secondary N) is 1. The molecule has 8 nitrogen and oxygen atoms in total. The van der Waals surface area contributed by atoms with Crippen molar-refractivity contribution in [2.75, 3.05) is 25.7 Å². The molecule has 1 aliphatic carbocycles. The molecule has 9 heteroatoms. The lowest BCUT2D eigenvalue weighted by Crippen LogP contribution is -2.28. The maximum absolute atomic E-state index is 13.2. The summed E-state index contributed by atoms with van der Waals surface area (Å²) in [6.07, 6.45) is 3.02. The van der Waals surface area contributed by atoms with Crippen LogP contribution in [0.3, 0.4) is 0 Å². The van der Waals surface area contributed by atoms with Gasteiger partial charge in [-0.15, -0.1) is 6.58 Å². The van der Waals surface area contributed by atoms with Gasteiger partial charge in [-0.1, -0.05) is 30.3 Å². The molecule has 1 aromatic heterocycles. The average molecular weight is 494 g/mol. The van der Waals surface area contributed by atoms with Crippen molar-refractivity contribution >= 4 is 21.7 Å². The zero-order chi connectivity index (χ0) is 24.6. The number of hydrogen-bond acceptors (Lipinski definition) is 6. The number of likely N-dealkylation sites (N-methyl/N-ethyl adjacent to an activating group) is 1. The Bertz CT molecular complexity index is 1410. The van der Waals surface area contributed by atoms with E-state index in [1.54, 1.807) is 36.4 Å². The highest BCUT2D eigenvalue weighted by atomic mass is 32.2. The highest BCUT2D eigenvalue weighted by molar-refractivity contribution is 7.89. The number of amides is 1. The van der Waals surface area contributed by atoms with E-state index in [1.165, 1.54) is 17.4 Å². The summed E-state index contributed by atoms with van der Waals surface area (Å²) in [7, 11) is -2.09. The molecule has 0 bridgehead atoms. The number of pyridine rings is 1. The molecule has 2 aromatic carbocycles. The molecule has 1 fully saturated rings. The van der Waals surface area contributed by atoms with Gasteiger partial charge in [-0.3, -0.25) is 4.79 Å². The van der Waals surface area contributed by atoms with Gasteiger partial charge in [-0.25, -0.2) is 13.4 Å². The molecule has 5 rings (SSSR count). The Morgan fingerprint density at radius 1 is 1.14 bits per heavy atom. The molecular formula is C26H27N3O5S. The molecular weight excluding hydrogens is 466 g/mol. The first-order valence-corrected chi connectivity index (χ1v) is 12.6. The summed E-state index contributed by atoms with van der Waals surface area (Å²) in [6.45, 7) is 4.00. The van der Waals surface area contributed by atoms with Crippen LogP contribution in [0, 0.1) is 0 Å². The minimum Gasteiger partial charge on any atom is -0.454 e. The third-order valence-corrected chi connectivity index (χ3v) is 8.18. The summed E-state index contributed by atoms with van der Waals surface area (Å²) in [6, 6.07) is 17.5. The summed E-state index contributed by atoms with van der Waals surface area (Å²) >= 11 is 0. The summed E-state index contributed by atoms with van der Waals surface area (Å²) in [5.74, 6) is 1.66. The molecule has 0 radical (unpaired) electrons. The molecule has 0 atom stereocenters. The Labute approximate surface area is 205 Å². The molecule has 2 aliphatic rings. The lowest BCUT2D eigenvalue weighted by molar-refractivity contribution is -0.118. The predicted molar refractivity (Wildman–Crippen MR) is 134 cm³/mol. The summed E-state index contributed by atoms with van der Waals surface area (Å²) in [4.78, 5) is 18.0. The summed E-state index contributed by atoms with van der Waals surface area (Å²) in [5.41, 5.74) is 1.66. The minimum absolute atomic E-state index is 0. The average Bonchev–Trinajstić information content (AvgIpc) is 3.55. The van der Waals surface area contributed by atoms with Gasteiger partial charge < -0.3 is 14.8 Å². The van der Waals surface area contributed by atoms with E-state index in [2.05, 4.69) is 16.9 Å². The number of nitrogens with zero attached hydrogens (tertiary/aromatic N) is 2. The Balaban J connectivity index is 0.00000304. The van der Waals surface area contributed by atoms with Gasteiger partial charge in [0, 0.05) is 20.6 Å². The quantitative estimate of drug-likeness (QED) is 0.473. The molecule has 1 N–H and O–H groups in total. The number of ether oxygens (including phenoxy) is 2. The van der Waals surface area contributed by atoms with Crippen LogP contribution in [0.15, 0.2) is 78.2 Å². The molecule has 1 aliphatic heterocycles. The first kappa shape index (κ1) is 23.1. The van der Waals surface area contributed by atoms with Crippen molar-refractivity contribution in [2.24, 2.45) is 0 Å². The standard InChI is InChI=1S/C26H25N3O5S.H2/c1-3-15-29(2)35(31,32)20-10-7-18(8-11-20)21-5-4-6-24(27-21)28-25(30)26(13-14-26)19-9-12-22-23(16-19)34-17-33-22;/h3-12,16H,1,13-15,17H2,2H3,(H,27,28,30);1H. The maximum Gasteiger partial charge on any atom is 0.243 e. The number of benzene rings is 2. The molecule has 2 heterocycles. The summed E-state index contributed by atoms with van der Waals surface area (Å²) < 4.78 is 37.3. The number of carbonyl (C=O) groups excluding carboxylic acids is 1. The number of carbonyl (C=O) groups is 1. The fourth-order valence-corrected chi connectivity index (χ4v) is 5.27. The van der Waals surface area contributed by atoms with Crippen molar-refractivity contribution in [3.63, 3.8) is 0 Å². The van der Waals surface area contributed by atoms with E-state index < -0.39 is 15.4 Å². The molecule has 182 valence electrons. The van der Waals surface area contributed by atoms with Crippen LogP contribution in [0.5, 0.6) is 11.5 Å². The fourth-order valence-electron chi connectivity index (χ4n) is 4.12. The first-order valence-electron chi connectivity index (χ1n) is 11.2. The van der Waals surface area contributed by atoms with Gasteiger partial charge in [0.15, 0.2) is 11.5 Å². The molecule has 0 spiro atoms. The molecule has 0 unspecified atom stereocenters. The number of sulfonamides is 1. The van der Waals surface area contributed by atoms with Gasteiger partial charge in [0.2, 0.25) is 22.7 Å². The van der Waals surface area contributed by atoms with E-state index >= 15 is 0 Å². The van der Waals surface area contributed by atoms with Crippen LogP contribution in [0.4, 0.5) is 5.82 Å². The van der Waals surface area contributed by atoms with E-state index in [4.69, 9.17) is 9.47 Å². The van der Waals surface area contributed by atoms with E-state index in [9.17, 15) is 13.2 Å². The van der Waals surface area contributed by atoms with Gasteiger partial charge >= 0.3 is 0 Å². The van der Waals surface area contributed by atoms with Crippen LogP contribution in [0.2, 0.25) is 0 Å². The van der Waals surface area contributed by atoms with Crippen LogP contribution in [0.1, 0.15) is 19.8 Å². The second-order valence-electron chi connectivity index (χ2n) is 8.61. The van der Waals surface area contributed by atoms with E-state index in [0.717, 1.165) is 24.0 Å². The zero-order valence-corrected chi connectivity index (χ0v) is 20.0. The maximum atomic E-state index is 13.2. The molecule has 1 amide bonds. The van der Waals surface area contributed by atoms with Gasteiger partial charge in [-0.05, 0) is 54.8 Å². The lowest BCUT2D eigenvalue weighted by atomic mass is 9.94. The van der Waals surface area contributed by atoms with Crippen LogP contribution in [-0.2, 0) is 20.2 Å². The Morgan fingerprint density at radius 2 is 1.89 bits per heavy atom. The van der Waals surface area contributed by atoms with Crippen molar-refractivity contribution in [1.82, 2.24) is 9.29 Å². The van der Waals surface area contributed by atoms with Crippen LogP contribution < -0.4 is 14.8 Å². The highest BCUT2D eigenvalue weighted by Gasteiger charge is 2.51. The van der Waals surface area contributed by atoms with Gasteiger partial charge in [0.25, 0.3) is 0 Å². The normalized spacial score (nSPS) is 15.6. The fraction of sp³-hybridized carbons (Fsp3) is 0.231. The summed E-state index contributed by atoms with van der Waals surface area (Å²) in [5, 5.41) is 2.95. The van der Waals surface area contributed by atoms with Crippen molar-refractivity contribution in [2.45, 2.75) is 23.2 Å². The van der Waals surface area contributed by atoms with Crippen molar-refractivity contribution < 1.29 is 24.1 Å². The number of fused-ring (bicyclic) bond motifs is 1. The Morgan fingerprint density at radius 3 is 2.60 bits per heavy atom. The highest BCUT2D eigenvalue weighted by Crippen LogP contribution is 2.51.